The zero-order chi connectivity index (χ0) is 27.6. The summed E-state index contributed by atoms with van der Waals surface area (Å²) in [5.74, 6) is 0.616. The molecule has 0 aromatic heterocycles. The van der Waals surface area contributed by atoms with Crippen LogP contribution in [0.15, 0.2) is 36.4 Å². The van der Waals surface area contributed by atoms with E-state index in [2.05, 4.69) is 33.4 Å². The van der Waals surface area contributed by atoms with Crippen molar-refractivity contribution in [1.29, 1.82) is 0 Å². The molecule has 0 bridgehead atoms. The Labute approximate surface area is 227 Å². The second-order valence-corrected chi connectivity index (χ2v) is 11.5. The fourth-order valence-corrected chi connectivity index (χ4v) is 6.03. The van der Waals surface area contributed by atoms with Gasteiger partial charge in [0.2, 0.25) is 5.91 Å². The lowest BCUT2D eigenvalue weighted by Gasteiger charge is -2.45. The number of rotatable bonds is 9. The Morgan fingerprint density at radius 1 is 1.11 bits per heavy atom. The summed E-state index contributed by atoms with van der Waals surface area (Å²) in [5, 5.41) is 6.60. The van der Waals surface area contributed by atoms with Crippen LogP contribution in [0.25, 0.3) is 0 Å². The Hall–Kier alpha value is -3.26. The van der Waals surface area contributed by atoms with Crippen molar-refractivity contribution < 1.29 is 14.3 Å². The van der Waals surface area contributed by atoms with Gasteiger partial charge in [0.1, 0.15) is 11.8 Å². The van der Waals surface area contributed by atoms with Gasteiger partial charge in [-0.3, -0.25) is 9.59 Å². The molecule has 1 atom stereocenters. The molecular weight excluding hydrogens is 478 g/mol. The molecule has 2 aliphatic rings. The summed E-state index contributed by atoms with van der Waals surface area (Å²) in [6.07, 6.45) is 5.43. The number of hydrogen-bond donors (Lipinski definition) is 2. The summed E-state index contributed by atoms with van der Waals surface area (Å²) in [7, 11) is 7.46. The van der Waals surface area contributed by atoms with Gasteiger partial charge in [-0.1, -0.05) is 19.8 Å². The van der Waals surface area contributed by atoms with Crippen LogP contribution in [0.4, 0.5) is 22.7 Å². The first-order valence-electron chi connectivity index (χ1n) is 13.7. The summed E-state index contributed by atoms with van der Waals surface area (Å²) in [5.41, 5.74) is 3.89. The highest BCUT2D eigenvalue weighted by Crippen LogP contribution is 2.43. The van der Waals surface area contributed by atoms with Crippen molar-refractivity contribution in [2.45, 2.75) is 70.5 Å². The number of anilines is 4. The molecule has 2 aromatic carbocycles. The molecule has 8 nitrogen and oxygen atoms in total. The van der Waals surface area contributed by atoms with E-state index in [1.807, 2.05) is 59.3 Å². The molecule has 1 heterocycles. The van der Waals surface area contributed by atoms with Crippen LogP contribution in [0.2, 0.25) is 0 Å². The number of ether oxygens (including phenoxy) is 1. The lowest BCUT2D eigenvalue weighted by atomic mass is 10.00. The summed E-state index contributed by atoms with van der Waals surface area (Å²) in [6.45, 7) is 6.84. The maximum atomic E-state index is 13.2. The second kappa shape index (κ2) is 11.2. The summed E-state index contributed by atoms with van der Waals surface area (Å²) < 4.78 is 5.67. The van der Waals surface area contributed by atoms with Gasteiger partial charge in [0.25, 0.3) is 5.91 Å². The third-order valence-electron chi connectivity index (χ3n) is 7.58. The van der Waals surface area contributed by atoms with Gasteiger partial charge in [-0.2, -0.15) is 0 Å². The molecule has 2 N–H and O–H groups in total. The molecule has 2 aromatic rings. The smallest absolute Gasteiger partial charge is 0.251 e. The number of amides is 2. The molecule has 1 aliphatic carbocycles. The topological polar surface area (TPSA) is 77.2 Å². The molecule has 0 saturated heterocycles. The monoisotopic (exact) mass is 521 g/mol. The summed E-state index contributed by atoms with van der Waals surface area (Å²) in [6, 6.07) is 11.9. The van der Waals surface area contributed by atoms with E-state index >= 15 is 0 Å². The van der Waals surface area contributed by atoms with Gasteiger partial charge >= 0.3 is 0 Å². The predicted molar refractivity (Wildman–Crippen MR) is 155 cm³/mol. The Kier molecular flexibility index (Phi) is 8.21. The van der Waals surface area contributed by atoms with Crippen LogP contribution in [0.5, 0.6) is 5.75 Å². The van der Waals surface area contributed by atoms with Crippen molar-refractivity contribution in [3.05, 3.63) is 42.0 Å². The average Bonchev–Trinajstić information content (AvgIpc) is 3.39. The second-order valence-electron chi connectivity index (χ2n) is 11.5. The van der Waals surface area contributed by atoms with Crippen LogP contribution >= 0.6 is 0 Å². The van der Waals surface area contributed by atoms with E-state index in [0.717, 1.165) is 48.6 Å². The summed E-state index contributed by atoms with van der Waals surface area (Å²) in [4.78, 5) is 32.4. The fourth-order valence-electron chi connectivity index (χ4n) is 6.03. The van der Waals surface area contributed by atoms with Crippen molar-refractivity contribution in [2.75, 3.05) is 49.9 Å². The number of carbonyl (C=O) groups excluding carboxylic acids is 2. The van der Waals surface area contributed by atoms with Crippen LogP contribution in [-0.4, -0.2) is 69.1 Å². The Morgan fingerprint density at radius 3 is 2.45 bits per heavy atom. The lowest BCUT2D eigenvalue weighted by Crippen LogP contribution is -2.55. The van der Waals surface area contributed by atoms with Gasteiger partial charge in [0, 0.05) is 36.4 Å². The van der Waals surface area contributed by atoms with Gasteiger partial charge in [0.15, 0.2) is 0 Å². The quantitative estimate of drug-likeness (QED) is 0.483. The first-order valence-corrected chi connectivity index (χ1v) is 13.7. The van der Waals surface area contributed by atoms with Crippen molar-refractivity contribution in [1.82, 2.24) is 10.2 Å². The van der Waals surface area contributed by atoms with Gasteiger partial charge in [0.05, 0.1) is 24.2 Å². The molecule has 38 heavy (non-hydrogen) atoms. The number of fused-ring (bicyclic) bond motifs is 1. The number of benzene rings is 2. The maximum Gasteiger partial charge on any atom is 0.251 e. The molecule has 1 fully saturated rings. The Balaban J connectivity index is 1.61. The van der Waals surface area contributed by atoms with Crippen LogP contribution in [0, 0.1) is 0 Å². The molecular formula is C30H43N5O3. The fraction of sp³-hybridized carbons (Fsp3) is 0.533. The molecule has 4 rings (SSSR count). The van der Waals surface area contributed by atoms with Gasteiger partial charge in [-0.25, -0.2) is 0 Å². The van der Waals surface area contributed by atoms with E-state index in [4.69, 9.17) is 4.74 Å². The number of nitrogens with one attached hydrogen (secondary N) is 2. The first-order chi connectivity index (χ1) is 18.0. The number of likely N-dealkylation sites (N-methyl/N-ethyl adjacent to an activating group) is 2. The van der Waals surface area contributed by atoms with E-state index in [0.29, 0.717) is 17.4 Å². The number of hydrogen-bond acceptors (Lipinski definition) is 6. The third kappa shape index (κ3) is 5.75. The van der Waals surface area contributed by atoms with E-state index in [1.165, 1.54) is 12.8 Å². The Morgan fingerprint density at radius 2 is 1.82 bits per heavy atom. The normalized spacial score (nSPS) is 18.1. The van der Waals surface area contributed by atoms with Crippen LogP contribution < -0.4 is 25.2 Å². The predicted octanol–water partition coefficient (Wildman–Crippen LogP) is 5.01. The van der Waals surface area contributed by atoms with Crippen molar-refractivity contribution >= 4 is 34.6 Å². The highest BCUT2D eigenvalue weighted by molar-refractivity contribution is 6.06. The standard InChI is InChI=1S/C30H43N5O3/c1-8-24-29(37)34(6)25-16-14-21(18-26(25)35(24)22-11-9-10-12-22)31-23-15-13-20(17-27(23)38-7)28(36)32-30(2,3)19-33(4)5/h13-18,22,24,31H,8-12,19H2,1-7H3,(H,32,36)/t24-/m1/s1. The highest BCUT2D eigenvalue weighted by atomic mass is 16.5. The molecule has 206 valence electrons. The summed E-state index contributed by atoms with van der Waals surface area (Å²) >= 11 is 0. The maximum absolute atomic E-state index is 13.2. The molecule has 8 heteroatoms. The average molecular weight is 522 g/mol. The zero-order valence-corrected chi connectivity index (χ0v) is 23.9. The highest BCUT2D eigenvalue weighted by Gasteiger charge is 2.39. The molecule has 1 saturated carbocycles. The van der Waals surface area contributed by atoms with Gasteiger partial charge in [-0.15, -0.1) is 0 Å². The lowest BCUT2D eigenvalue weighted by molar-refractivity contribution is -0.120. The molecule has 2 amide bonds. The molecule has 0 unspecified atom stereocenters. The minimum Gasteiger partial charge on any atom is -0.495 e. The van der Waals surface area contributed by atoms with E-state index in [1.54, 1.807) is 18.1 Å². The first kappa shape index (κ1) is 27.8. The minimum absolute atomic E-state index is 0.138. The minimum atomic E-state index is -0.371. The van der Waals surface area contributed by atoms with Crippen molar-refractivity contribution in [3.8, 4) is 5.75 Å². The number of nitrogens with zero attached hydrogens (tertiary/aromatic N) is 3. The van der Waals surface area contributed by atoms with Crippen molar-refractivity contribution in [3.63, 3.8) is 0 Å². The molecule has 0 radical (unpaired) electrons. The van der Waals surface area contributed by atoms with Crippen molar-refractivity contribution in [2.24, 2.45) is 0 Å². The van der Waals surface area contributed by atoms with Gasteiger partial charge < -0.3 is 30.1 Å². The zero-order valence-electron chi connectivity index (χ0n) is 23.9. The van der Waals surface area contributed by atoms with Gasteiger partial charge in [-0.05, 0) is 83.6 Å². The molecule has 1 aliphatic heterocycles. The number of methoxy groups -OCH3 is 1. The molecule has 0 spiro atoms. The van der Waals surface area contributed by atoms with Crippen LogP contribution in [0.3, 0.4) is 0 Å². The number of carbonyl (C=O) groups is 2. The third-order valence-corrected chi connectivity index (χ3v) is 7.58. The van der Waals surface area contributed by atoms with Crippen LogP contribution in [-0.2, 0) is 4.79 Å². The Bertz CT molecular complexity index is 1170. The largest absolute Gasteiger partial charge is 0.495 e. The van der Waals surface area contributed by atoms with E-state index in [9.17, 15) is 9.59 Å². The van der Waals surface area contributed by atoms with E-state index < -0.39 is 0 Å². The van der Waals surface area contributed by atoms with Crippen LogP contribution in [0.1, 0.15) is 63.2 Å². The SMILES string of the molecule is CC[C@@H]1C(=O)N(C)c2ccc(Nc3ccc(C(=O)NC(C)(C)CN(C)C)cc3OC)cc2N1C1CCCC1. The van der Waals surface area contributed by atoms with E-state index in [-0.39, 0.29) is 23.4 Å².